The van der Waals surface area contributed by atoms with Crippen molar-refractivity contribution >= 4 is 5.97 Å². The molecule has 4 heteroatoms. The van der Waals surface area contributed by atoms with E-state index < -0.39 is 0 Å². The summed E-state index contributed by atoms with van der Waals surface area (Å²) in [5.74, 6) is 6.53. The van der Waals surface area contributed by atoms with E-state index in [0.29, 0.717) is 17.1 Å². The quantitative estimate of drug-likeness (QED) is 0.589. The Labute approximate surface area is 100 Å². The highest BCUT2D eigenvalue weighted by molar-refractivity contribution is 5.72. The van der Waals surface area contributed by atoms with Gasteiger partial charge in [0.25, 0.3) is 0 Å². The van der Waals surface area contributed by atoms with Crippen LogP contribution in [0.25, 0.3) is 0 Å². The summed E-state index contributed by atoms with van der Waals surface area (Å²) in [7, 11) is 4.47. The van der Waals surface area contributed by atoms with Crippen LogP contribution in [-0.4, -0.2) is 27.3 Å². The molecule has 90 valence electrons. The molecule has 0 heterocycles. The molecule has 1 aromatic rings. The molecule has 17 heavy (non-hydrogen) atoms. The fraction of sp³-hybridized carbons (Fsp3) is 0.308. The molecule has 0 aliphatic rings. The standard InChI is InChI=1S/C13H14O4/c1-15-11-7-8-12(16-2)10(9-11)5-4-6-13(14)17-3/h7-9H,6H2,1-3H3. The molecule has 0 unspecified atom stereocenters. The molecule has 0 aliphatic heterocycles. The molecule has 0 aromatic heterocycles. The van der Waals surface area contributed by atoms with Gasteiger partial charge in [0.1, 0.15) is 17.9 Å². The summed E-state index contributed by atoms with van der Waals surface area (Å²) in [4.78, 5) is 10.9. The van der Waals surface area contributed by atoms with E-state index in [1.165, 1.54) is 7.11 Å². The van der Waals surface area contributed by atoms with E-state index in [-0.39, 0.29) is 12.4 Å². The number of hydrogen-bond donors (Lipinski definition) is 0. The molecule has 0 saturated heterocycles. The maximum Gasteiger partial charge on any atom is 0.317 e. The minimum atomic E-state index is -0.362. The normalized spacial score (nSPS) is 8.88. The highest BCUT2D eigenvalue weighted by atomic mass is 16.5. The molecule has 0 radical (unpaired) electrons. The predicted octanol–water partition coefficient (Wildman–Crippen LogP) is 1.62. The Balaban J connectivity index is 2.90. The maximum absolute atomic E-state index is 10.9. The monoisotopic (exact) mass is 234 g/mol. The topological polar surface area (TPSA) is 44.8 Å². The predicted molar refractivity (Wildman–Crippen MR) is 63.1 cm³/mol. The van der Waals surface area contributed by atoms with Crippen LogP contribution in [0.1, 0.15) is 12.0 Å². The van der Waals surface area contributed by atoms with E-state index in [2.05, 4.69) is 16.6 Å². The summed E-state index contributed by atoms with van der Waals surface area (Å²) in [5, 5.41) is 0. The lowest BCUT2D eigenvalue weighted by Gasteiger charge is -2.05. The zero-order valence-corrected chi connectivity index (χ0v) is 10.1. The van der Waals surface area contributed by atoms with Gasteiger partial charge in [-0.05, 0) is 18.2 Å². The molecular formula is C13H14O4. The first-order valence-electron chi connectivity index (χ1n) is 4.99. The van der Waals surface area contributed by atoms with Gasteiger partial charge >= 0.3 is 5.97 Å². The van der Waals surface area contributed by atoms with Crippen LogP contribution in [0.3, 0.4) is 0 Å². The lowest BCUT2D eigenvalue weighted by Crippen LogP contribution is -1.97. The highest BCUT2D eigenvalue weighted by Crippen LogP contribution is 2.22. The zero-order chi connectivity index (χ0) is 12.7. The minimum absolute atomic E-state index is 0.0524. The van der Waals surface area contributed by atoms with E-state index in [1.807, 2.05) is 0 Å². The van der Waals surface area contributed by atoms with Crippen LogP contribution in [0.5, 0.6) is 11.5 Å². The Morgan fingerprint density at radius 2 is 2.00 bits per heavy atom. The van der Waals surface area contributed by atoms with Gasteiger partial charge in [0.05, 0.1) is 26.9 Å². The molecule has 0 atom stereocenters. The first-order valence-corrected chi connectivity index (χ1v) is 4.99. The Morgan fingerprint density at radius 1 is 1.24 bits per heavy atom. The third-order valence-electron chi connectivity index (χ3n) is 2.09. The van der Waals surface area contributed by atoms with Gasteiger partial charge in [-0.1, -0.05) is 11.8 Å². The summed E-state index contributed by atoms with van der Waals surface area (Å²) in [6.45, 7) is 0. The number of carbonyl (C=O) groups excluding carboxylic acids is 1. The molecule has 1 aromatic carbocycles. The van der Waals surface area contributed by atoms with Crippen molar-refractivity contribution < 1.29 is 19.0 Å². The number of rotatable bonds is 3. The van der Waals surface area contributed by atoms with E-state index in [1.54, 1.807) is 32.4 Å². The third-order valence-corrected chi connectivity index (χ3v) is 2.09. The first-order chi connectivity index (χ1) is 8.21. The summed E-state index contributed by atoms with van der Waals surface area (Å²) in [6.07, 6.45) is 0.0524. The van der Waals surface area contributed by atoms with E-state index in [4.69, 9.17) is 9.47 Å². The Hall–Kier alpha value is -2.15. The highest BCUT2D eigenvalue weighted by Gasteiger charge is 2.02. The second-order valence-electron chi connectivity index (χ2n) is 3.12. The van der Waals surface area contributed by atoms with Crippen LogP contribution in [0.15, 0.2) is 18.2 Å². The van der Waals surface area contributed by atoms with E-state index >= 15 is 0 Å². The molecule has 0 spiro atoms. The number of benzene rings is 1. The first kappa shape index (κ1) is 12.9. The van der Waals surface area contributed by atoms with Crippen LogP contribution in [0.2, 0.25) is 0 Å². The Morgan fingerprint density at radius 3 is 2.59 bits per heavy atom. The molecule has 1 rings (SSSR count). The van der Waals surface area contributed by atoms with Crippen LogP contribution in [0, 0.1) is 11.8 Å². The van der Waals surface area contributed by atoms with Crippen molar-refractivity contribution in [1.29, 1.82) is 0 Å². The smallest absolute Gasteiger partial charge is 0.317 e. The van der Waals surface area contributed by atoms with Gasteiger partial charge in [-0.3, -0.25) is 4.79 Å². The lowest BCUT2D eigenvalue weighted by atomic mass is 10.2. The number of hydrogen-bond acceptors (Lipinski definition) is 4. The third kappa shape index (κ3) is 3.72. The fourth-order valence-electron chi connectivity index (χ4n) is 1.20. The van der Waals surface area contributed by atoms with Gasteiger partial charge in [0.2, 0.25) is 0 Å². The largest absolute Gasteiger partial charge is 0.497 e. The number of esters is 1. The van der Waals surface area contributed by atoms with Gasteiger partial charge in [-0.25, -0.2) is 0 Å². The van der Waals surface area contributed by atoms with E-state index in [9.17, 15) is 4.79 Å². The van der Waals surface area contributed by atoms with Crippen molar-refractivity contribution in [2.24, 2.45) is 0 Å². The van der Waals surface area contributed by atoms with Gasteiger partial charge in [-0.2, -0.15) is 0 Å². The average molecular weight is 234 g/mol. The number of ether oxygens (including phenoxy) is 3. The second kappa shape index (κ2) is 6.44. The van der Waals surface area contributed by atoms with Gasteiger partial charge < -0.3 is 14.2 Å². The second-order valence-corrected chi connectivity index (χ2v) is 3.12. The molecule has 0 N–H and O–H groups in total. The average Bonchev–Trinajstić information content (AvgIpc) is 2.38. The van der Waals surface area contributed by atoms with Crippen molar-refractivity contribution in [3.05, 3.63) is 23.8 Å². The molecule has 4 nitrogen and oxygen atoms in total. The summed E-state index contributed by atoms with van der Waals surface area (Å²) < 4.78 is 14.7. The van der Waals surface area contributed by atoms with Crippen LogP contribution >= 0.6 is 0 Å². The van der Waals surface area contributed by atoms with Crippen molar-refractivity contribution in [2.75, 3.05) is 21.3 Å². The van der Waals surface area contributed by atoms with E-state index in [0.717, 1.165) is 0 Å². The Kier molecular flexibility index (Phi) is 4.89. The number of methoxy groups -OCH3 is 3. The zero-order valence-electron chi connectivity index (χ0n) is 10.1. The molecule has 0 bridgehead atoms. The SMILES string of the molecule is COC(=O)CC#Cc1cc(OC)ccc1OC. The number of carbonyl (C=O) groups is 1. The van der Waals surface area contributed by atoms with Gasteiger partial charge in [-0.15, -0.1) is 0 Å². The van der Waals surface area contributed by atoms with Crippen LogP contribution in [0.4, 0.5) is 0 Å². The molecule has 0 aliphatic carbocycles. The van der Waals surface area contributed by atoms with Gasteiger partial charge in [0, 0.05) is 0 Å². The van der Waals surface area contributed by atoms with Crippen molar-refractivity contribution in [1.82, 2.24) is 0 Å². The summed E-state index contributed by atoms with van der Waals surface area (Å²) in [5.41, 5.74) is 0.677. The molecule has 0 fully saturated rings. The molecular weight excluding hydrogens is 220 g/mol. The van der Waals surface area contributed by atoms with Gasteiger partial charge in [0.15, 0.2) is 0 Å². The maximum atomic E-state index is 10.9. The fourth-order valence-corrected chi connectivity index (χ4v) is 1.20. The minimum Gasteiger partial charge on any atom is -0.497 e. The molecule has 0 saturated carbocycles. The van der Waals surface area contributed by atoms with Crippen molar-refractivity contribution in [3.8, 4) is 23.3 Å². The molecule has 0 amide bonds. The van der Waals surface area contributed by atoms with Crippen LogP contribution in [-0.2, 0) is 9.53 Å². The summed E-state index contributed by atoms with van der Waals surface area (Å²) >= 11 is 0. The Bertz CT molecular complexity index is 454. The lowest BCUT2D eigenvalue weighted by molar-refractivity contribution is -0.139. The van der Waals surface area contributed by atoms with Crippen LogP contribution < -0.4 is 9.47 Å². The van der Waals surface area contributed by atoms with Crippen molar-refractivity contribution in [2.45, 2.75) is 6.42 Å². The van der Waals surface area contributed by atoms with Crippen molar-refractivity contribution in [3.63, 3.8) is 0 Å². The summed E-state index contributed by atoms with van der Waals surface area (Å²) in [6, 6.07) is 5.30.